The predicted octanol–water partition coefficient (Wildman–Crippen LogP) is 1.86. The first kappa shape index (κ1) is 14.1. The molecule has 0 atom stereocenters. The van der Waals surface area contributed by atoms with Crippen molar-refractivity contribution in [2.45, 2.75) is 11.8 Å². The Kier molecular flexibility index (Phi) is 4.09. The summed E-state index contributed by atoms with van der Waals surface area (Å²) in [7, 11) is -3.72. The van der Waals surface area contributed by atoms with E-state index in [4.69, 9.17) is 10.5 Å². The Bertz CT molecular complexity index is 684. The maximum Gasteiger partial charge on any atom is 0.263 e. The highest BCUT2D eigenvalue weighted by molar-refractivity contribution is 7.92. The number of nitrogens with one attached hydrogen (secondary N) is 1. The Labute approximate surface area is 117 Å². The maximum absolute atomic E-state index is 12.2. The van der Waals surface area contributed by atoms with Gasteiger partial charge in [-0.3, -0.25) is 4.72 Å². The number of sulfonamides is 1. The largest absolute Gasteiger partial charge is 0.478 e. The van der Waals surface area contributed by atoms with Crippen LogP contribution < -0.4 is 15.2 Å². The van der Waals surface area contributed by atoms with Crippen LogP contribution in [0, 0.1) is 0 Å². The molecule has 0 radical (unpaired) electrons. The molecule has 0 aliphatic rings. The summed E-state index contributed by atoms with van der Waals surface area (Å²) in [5, 5.41) is 0. The van der Waals surface area contributed by atoms with Crippen molar-refractivity contribution < 1.29 is 13.2 Å². The molecule has 6 nitrogen and oxygen atoms in total. The van der Waals surface area contributed by atoms with Gasteiger partial charge in [0.25, 0.3) is 10.0 Å². The Morgan fingerprint density at radius 2 is 2.00 bits per heavy atom. The minimum atomic E-state index is -3.72. The Morgan fingerprint density at radius 3 is 2.60 bits per heavy atom. The number of rotatable bonds is 5. The summed E-state index contributed by atoms with van der Waals surface area (Å²) in [5.41, 5.74) is 6.21. The lowest BCUT2D eigenvalue weighted by atomic mass is 10.3. The fourth-order valence-corrected chi connectivity index (χ4v) is 2.79. The predicted molar refractivity (Wildman–Crippen MR) is 77.1 cm³/mol. The lowest BCUT2D eigenvalue weighted by Crippen LogP contribution is -2.14. The lowest BCUT2D eigenvalue weighted by Gasteiger charge is -2.10. The molecule has 1 heterocycles. The van der Waals surface area contributed by atoms with Gasteiger partial charge in [0.2, 0.25) is 5.88 Å². The molecular weight excluding hydrogens is 278 g/mol. The summed E-state index contributed by atoms with van der Waals surface area (Å²) in [6.45, 7) is 2.34. The monoisotopic (exact) mass is 293 g/mol. The van der Waals surface area contributed by atoms with Crippen molar-refractivity contribution in [2.24, 2.45) is 0 Å². The number of hydrogen-bond acceptors (Lipinski definition) is 5. The molecule has 0 fully saturated rings. The summed E-state index contributed by atoms with van der Waals surface area (Å²) in [6, 6.07) is 9.43. The topological polar surface area (TPSA) is 94.3 Å². The average Bonchev–Trinajstić information content (AvgIpc) is 2.41. The molecule has 2 aromatic rings. The zero-order chi connectivity index (χ0) is 14.6. The van der Waals surface area contributed by atoms with Crippen LogP contribution in [0.1, 0.15) is 6.92 Å². The van der Waals surface area contributed by atoms with Gasteiger partial charge in [-0.15, -0.1) is 0 Å². The number of ether oxygens (including phenoxy) is 1. The van der Waals surface area contributed by atoms with Crippen molar-refractivity contribution in [3.05, 3.63) is 42.6 Å². The van der Waals surface area contributed by atoms with E-state index in [-0.39, 0.29) is 10.6 Å². The standard InChI is InChI=1S/C13H15N3O3S/c1-2-19-13-8-7-10(9-15-13)16-20(17,18)12-6-4-3-5-11(12)14/h3-9,16H,2,14H2,1H3. The summed E-state index contributed by atoms with van der Waals surface area (Å²) >= 11 is 0. The molecule has 7 heteroatoms. The van der Waals surface area contributed by atoms with Gasteiger partial charge in [-0.1, -0.05) is 12.1 Å². The van der Waals surface area contributed by atoms with Gasteiger partial charge < -0.3 is 10.5 Å². The van der Waals surface area contributed by atoms with E-state index in [1.807, 2.05) is 6.92 Å². The second-order valence-corrected chi connectivity index (χ2v) is 5.61. The van der Waals surface area contributed by atoms with Crippen LogP contribution in [-0.4, -0.2) is 20.0 Å². The van der Waals surface area contributed by atoms with Gasteiger partial charge in [0.05, 0.1) is 24.2 Å². The van der Waals surface area contributed by atoms with Gasteiger partial charge in [-0.05, 0) is 25.1 Å². The fourth-order valence-electron chi connectivity index (χ4n) is 1.61. The van der Waals surface area contributed by atoms with Crippen molar-refractivity contribution in [1.82, 2.24) is 4.98 Å². The molecule has 20 heavy (non-hydrogen) atoms. The van der Waals surface area contributed by atoms with E-state index in [0.717, 1.165) is 0 Å². The van der Waals surface area contributed by atoms with Gasteiger partial charge in [0.1, 0.15) is 4.90 Å². The number of aromatic nitrogens is 1. The van der Waals surface area contributed by atoms with Crippen molar-refractivity contribution in [1.29, 1.82) is 0 Å². The molecule has 0 saturated carbocycles. The number of benzene rings is 1. The van der Waals surface area contributed by atoms with E-state index in [1.165, 1.54) is 18.3 Å². The van der Waals surface area contributed by atoms with Crippen LogP contribution in [0.15, 0.2) is 47.5 Å². The van der Waals surface area contributed by atoms with E-state index < -0.39 is 10.0 Å². The third-order valence-corrected chi connectivity index (χ3v) is 3.94. The highest BCUT2D eigenvalue weighted by Gasteiger charge is 2.17. The normalized spacial score (nSPS) is 11.1. The van der Waals surface area contributed by atoms with Gasteiger partial charge in [0.15, 0.2) is 0 Å². The Hall–Kier alpha value is -2.28. The quantitative estimate of drug-likeness (QED) is 0.821. The number of pyridine rings is 1. The number of nitrogens with two attached hydrogens (primary N) is 1. The van der Waals surface area contributed by atoms with Gasteiger partial charge in [-0.25, -0.2) is 13.4 Å². The Morgan fingerprint density at radius 1 is 1.25 bits per heavy atom. The minimum absolute atomic E-state index is 0.0360. The molecule has 1 aromatic carbocycles. The molecule has 0 spiro atoms. The fraction of sp³-hybridized carbons (Fsp3) is 0.154. The van der Waals surface area contributed by atoms with Crippen molar-refractivity contribution in [3.8, 4) is 5.88 Å². The van der Waals surface area contributed by atoms with Gasteiger partial charge in [0, 0.05) is 6.07 Å². The third kappa shape index (κ3) is 3.18. The minimum Gasteiger partial charge on any atom is -0.478 e. The summed E-state index contributed by atoms with van der Waals surface area (Å²) < 4.78 is 32.0. The van der Waals surface area contributed by atoms with Gasteiger partial charge >= 0.3 is 0 Å². The average molecular weight is 293 g/mol. The van der Waals surface area contributed by atoms with E-state index >= 15 is 0 Å². The first-order valence-electron chi connectivity index (χ1n) is 5.99. The highest BCUT2D eigenvalue weighted by atomic mass is 32.2. The molecule has 0 saturated heterocycles. The molecule has 1 aromatic heterocycles. The van der Waals surface area contributed by atoms with Crippen molar-refractivity contribution >= 4 is 21.4 Å². The van der Waals surface area contributed by atoms with Crippen LogP contribution in [0.3, 0.4) is 0 Å². The lowest BCUT2D eigenvalue weighted by molar-refractivity contribution is 0.327. The molecule has 0 amide bonds. The number of hydrogen-bond donors (Lipinski definition) is 2. The molecule has 106 valence electrons. The van der Waals surface area contributed by atoms with Crippen LogP contribution in [0.2, 0.25) is 0 Å². The molecular formula is C13H15N3O3S. The number of anilines is 2. The molecule has 2 rings (SSSR count). The molecule has 0 bridgehead atoms. The van der Waals surface area contributed by atoms with Crippen LogP contribution in [-0.2, 0) is 10.0 Å². The molecule has 3 N–H and O–H groups in total. The van der Waals surface area contributed by atoms with E-state index in [2.05, 4.69) is 9.71 Å². The van der Waals surface area contributed by atoms with E-state index in [0.29, 0.717) is 18.2 Å². The molecule has 0 aliphatic heterocycles. The number of nitrogens with zero attached hydrogens (tertiary/aromatic N) is 1. The van der Waals surface area contributed by atoms with Crippen LogP contribution in [0.4, 0.5) is 11.4 Å². The second-order valence-electron chi connectivity index (χ2n) is 3.96. The van der Waals surface area contributed by atoms with E-state index in [9.17, 15) is 8.42 Å². The summed E-state index contributed by atoms with van der Waals surface area (Å²) in [4.78, 5) is 4.02. The van der Waals surface area contributed by atoms with Crippen LogP contribution >= 0.6 is 0 Å². The van der Waals surface area contributed by atoms with Crippen LogP contribution in [0.25, 0.3) is 0 Å². The van der Waals surface area contributed by atoms with Crippen molar-refractivity contribution in [2.75, 3.05) is 17.1 Å². The van der Waals surface area contributed by atoms with Crippen LogP contribution in [0.5, 0.6) is 5.88 Å². The first-order chi connectivity index (χ1) is 9.53. The maximum atomic E-state index is 12.2. The SMILES string of the molecule is CCOc1ccc(NS(=O)(=O)c2ccccc2N)cn1. The number of para-hydroxylation sites is 1. The van der Waals surface area contributed by atoms with E-state index in [1.54, 1.807) is 24.3 Å². The zero-order valence-electron chi connectivity index (χ0n) is 10.9. The zero-order valence-corrected chi connectivity index (χ0v) is 11.7. The first-order valence-corrected chi connectivity index (χ1v) is 7.47. The summed E-state index contributed by atoms with van der Waals surface area (Å²) in [6.07, 6.45) is 1.39. The van der Waals surface area contributed by atoms with Gasteiger partial charge in [-0.2, -0.15) is 0 Å². The van der Waals surface area contributed by atoms with Crippen molar-refractivity contribution in [3.63, 3.8) is 0 Å². The summed E-state index contributed by atoms with van der Waals surface area (Å²) in [5.74, 6) is 0.440. The highest BCUT2D eigenvalue weighted by Crippen LogP contribution is 2.21. The third-order valence-electron chi connectivity index (χ3n) is 2.49. The Balaban J connectivity index is 2.22. The molecule has 0 unspecified atom stereocenters. The number of nitrogen functional groups attached to an aromatic ring is 1. The second kappa shape index (κ2) is 5.79. The molecule has 0 aliphatic carbocycles. The smallest absolute Gasteiger partial charge is 0.263 e.